The normalized spacial score (nSPS) is 28.8. The molecule has 9 heteroatoms. The summed E-state index contributed by atoms with van der Waals surface area (Å²) in [6.07, 6.45) is 3.56. The van der Waals surface area contributed by atoms with Gasteiger partial charge in [-0.1, -0.05) is 69.1 Å². The molecule has 2 amide bonds. The first kappa shape index (κ1) is 30.7. The SMILES string of the molecule is CC(=O)NC1CCC(NC(=O)C2NC(CC(C)(C)C)C(C)(c3ccc(Cl)cc3F)C2c2cccc(Cl)c2F)CC1. The lowest BCUT2D eigenvalue weighted by Gasteiger charge is -2.40. The fourth-order valence-electron chi connectivity index (χ4n) is 6.66. The molecule has 0 spiro atoms. The summed E-state index contributed by atoms with van der Waals surface area (Å²) in [5, 5.41) is 9.87. The van der Waals surface area contributed by atoms with Crippen LogP contribution in [0.25, 0.3) is 0 Å². The summed E-state index contributed by atoms with van der Waals surface area (Å²) in [5.41, 5.74) is -0.553. The maximum Gasteiger partial charge on any atom is 0.238 e. The Morgan fingerprint density at radius 1 is 1.02 bits per heavy atom. The average Bonchev–Trinajstić information content (AvgIpc) is 3.13. The second kappa shape index (κ2) is 11.9. The summed E-state index contributed by atoms with van der Waals surface area (Å²) in [6, 6.07) is 8.12. The first-order valence-corrected chi connectivity index (χ1v) is 14.7. The molecule has 0 aromatic heterocycles. The van der Waals surface area contributed by atoms with Crippen molar-refractivity contribution in [3.8, 4) is 0 Å². The second-order valence-corrected chi connectivity index (χ2v) is 13.6. The number of halogens is 4. The van der Waals surface area contributed by atoms with E-state index in [0.717, 1.165) is 12.8 Å². The van der Waals surface area contributed by atoms with Gasteiger partial charge in [-0.05, 0) is 66.8 Å². The molecule has 0 bridgehead atoms. The minimum Gasteiger partial charge on any atom is -0.354 e. The third-order valence-corrected chi connectivity index (χ3v) is 9.02. The van der Waals surface area contributed by atoms with Crippen LogP contribution < -0.4 is 16.0 Å². The van der Waals surface area contributed by atoms with Gasteiger partial charge >= 0.3 is 0 Å². The van der Waals surface area contributed by atoms with E-state index in [1.54, 1.807) is 24.3 Å². The molecule has 3 N–H and O–H groups in total. The van der Waals surface area contributed by atoms with Gasteiger partial charge in [0, 0.05) is 41.4 Å². The molecule has 4 rings (SSSR count). The van der Waals surface area contributed by atoms with E-state index in [1.807, 2.05) is 6.92 Å². The van der Waals surface area contributed by atoms with Gasteiger partial charge in [-0.25, -0.2) is 8.78 Å². The van der Waals surface area contributed by atoms with Crippen LogP contribution in [0.1, 0.15) is 83.8 Å². The smallest absolute Gasteiger partial charge is 0.238 e. The molecule has 1 saturated heterocycles. The highest BCUT2D eigenvalue weighted by atomic mass is 35.5. The van der Waals surface area contributed by atoms with Crippen LogP contribution in [-0.2, 0) is 15.0 Å². The van der Waals surface area contributed by atoms with Gasteiger partial charge < -0.3 is 16.0 Å². The van der Waals surface area contributed by atoms with Gasteiger partial charge in [-0.3, -0.25) is 9.59 Å². The number of carbonyl (C=O) groups excluding carboxylic acids is 2. The van der Waals surface area contributed by atoms with E-state index >= 15 is 8.78 Å². The van der Waals surface area contributed by atoms with E-state index in [4.69, 9.17) is 23.2 Å². The molecule has 1 heterocycles. The number of carbonyl (C=O) groups is 2. The Morgan fingerprint density at radius 2 is 1.65 bits per heavy atom. The van der Waals surface area contributed by atoms with Gasteiger partial charge in [0.25, 0.3) is 0 Å². The van der Waals surface area contributed by atoms with Gasteiger partial charge in [0.05, 0.1) is 11.1 Å². The number of rotatable bonds is 6. The van der Waals surface area contributed by atoms with Crippen LogP contribution in [0.3, 0.4) is 0 Å². The molecule has 4 unspecified atom stereocenters. The second-order valence-electron chi connectivity index (χ2n) is 12.7. The van der Waals surface area contributed by atoms with Crippen LogP contribution in [0.4, 0.5) is 8.78 Å². The van der Waals surface area contributed by atoms with Crippen molar-refractivity contribution in [2.45, 2.75) is 102 Å². The van der Waals surface area contributed by atoms with Gasteiger partial charge in [-0.2, -0.15) is 0 Å². The van der Waals surface area contributed by atoms with Crippen molar-refractivity contribution in [2.75, 3.05) is 0 Å². The van der Waals surface area contributed by atoms with Crippen molar-refractivity contribution in [3.63, 3.8) is 0 Å². The Labute approximate surface area is 245 Å². The molecule has 218 valence electrons. The average molecular weight is 595 g/mol. The topological polar surface area (TPSA) is 70.2 Å². The van der Waals surface area contributed by atoms with E-state index < -0.39 is 29.0 Å². The van der Waals surface area contributed by atoms with Gasteiger partial charge in [0.15, 0.2) is 0 Å². The number of nitrogens with one attached hydrogen (secondary N) is 3. The zero-order chi connectivity index (χ0) is 29.4. The molecule has 1 saturated carbocycles. The lowest BCUT2D eigenvalue weighted by molar-refractivity contribution is -0.124. The molecule has 2 aromatic carbocycles. The Kier molecular flexibility index (Phi) is 9.18. The van der Waals surface area contributed by atoms with Crippen molar-refractivity contribution >= 4 is 35.0 Å². The molecule has 5 nitrogen and oxygen atoms in total. The third kappa shape index (κ3) is 6.47. The van der Waals surface area contributed by atoms with Gasteiger partial charge in [-0.15, -0.1) is 0 Å². The van der Waals surface area contributed by atoms with E-state index in [2.05, 4.69) is 36.7 Å². The van der Waals surface area contributed by atoms with Crippen LogP contribution in [-0.4, -0.2) is 36.0 Å². The molecular weight excluding hydrogens is 555 g/mol. The van der Waals surface area contributed by atoms with Crippen LogP contribution in [0.5, 0.6) is 0 Å². The summed E-state index contributed by atoms with van der Waals surface area (Å²) in [5.74, 6) is -2.19. The molecule has 2 fully saturated rings. The van der Waals surface area contributed by atoms with Crippen LogP contribution in [0.15, 0.2) is 36.4 Å². The molecule has 40 heavy (non-hydrogen) atoms. The van der Waals surface area contributed by atoms with Crippen molar-refractivity contribution in [1.82, 2.24) is 16.0 Å². The summed E-state index contributed by atoms with van der Waals surface area (Å²) in [6.45, 7) is 9.67. The number of hydrogen-bond donors (Lipinski definition) is 3. The fraction of sp³-hybridized carbons (Fsp3) is 0.548. The summed E-state index contributed by atoms with van der Waals surface area (Å²) in [4.78, 5) is 25.5. The Hall–Kier alpha value is -2.22. The van der Waals surface area contributed by atoms with Gasteiger partial charge in [0.1, 0.15) is 11.6 Å². The largest absolute Gasteiger partial charge is 0.354 e. The zero-order valence-electron chi connectivity index (χ0n) is 23.7. The van der Waals surface area contributed by atoms with Crippen molar-refractivity contribution in [1.29, 1.82) is 0 Å². The van der Waals surface area contributed by atoms with Crippen LogP contribution >= 0.6 is 23.2 Å². The highest BCUT2D eigenvalue weighted by Crippen LogP contribution is 2.52. The molecule has 2 aromatic rings. The summed E-state index contributed by atoms with van der Waals surface area (Å²) < 4.78 is 31.4. The predicted octanol–water partition coefficient (Wildman–Crippen LogP) is 6.65. The number of hydrogen-bond acceptors (Lipinski definition) is 3. The first-order chi connectivity index (χ1) is 18.7. The number of benzene rings is 2. The highest BCUT2D eigenvalue weighted by molar-refractivity contribution is 6.31. The minimum absolute atomic E-state index is 0.0499. The Balaban J connectivity index is 1.75. The van der Waals surface area contributed by atoms with Gasteiger partial charge in [0.2, 0.25) is 11.8 Å². The predicted molar refractivity (Wildman–Crippen MR) is 156 cm³/mol. The van der Waals surface area contributed by atoms with E-state index in [1.165, 1.54) is 19.1 Å². The monoisotopic (exact) mass is 593 g/mol. The molecular formula is C31H39Cl2F2N3O2. The van der Waals surface area contributed by atoms with Crippen LogP contribution in [0.2, 0.25) is 10.0 Å². The lowest BCUT2D eigenvalue weighted by Crippen LogP contribution is -2.50. The third-order valence-electron chi connectivity index (χ3n) is 8.49. The van der Waals surface area contributed by atoms with Crippen molar-refractivity contribution in [3.05, 3.63) is 69.2 Å². The number of amides is 2. The molecule has 0 radical (unpaired) electrons. The van der Waals surface area contributed by atoms with Crippen LogP contribution in [0, 0.1) is 17.0 Å². The minimum atomic E-state index is -1.02. The first-order valence-electron chi connectivity index (χ1n) is 13.9. The quantitative estimate of drug-likeness (QED) is 0.351. The van der Waals surface area contributed by atoms with E-state index in [9.17, 15) is 9.59 Å². The zero-order valence-corrected chi connectivity index (χ0v) is 25.2. The van der Waals surface area contributed by atoms with E-state index in [0.29, 0.717) is 24.8 Å². The molecule has 4 atom stereocenters. The fourth-order valence-corrected chi connectivity index (χ4v) is 7.01. The Bertz CT molecular complexity index is 1260. The lowest BCUT2D eigenvalue weighted by atomic mass is 9.63. The standard InChI is InChI=1S/C31H39Cl2F2N3O2/c1-17(39)36-19-10-12-20(13-11-19)37-29(40)28-26(21-7-6-8-23(33)27(21)35)31(5,25(38-28)16-30(2,3)4)22-14-9-18(32)15-24(22)34/h6-9,14-15,19-20,25-26,28,38H,10-13,16H2,1-5H3,(H,36,39)(H,37,40). The van der Waals surface area contributed by atoms with E-state index in [-0.39, 0.29) is 51.0 Å². The summed E-state index contributed by atoms with van der Waals surface area (Å²) in [7, 11) is 0. The molecule has 1 aliphatic heterocycles. The molecule has 1 aliphatic carbocycles. The van der Waals surface area contributed by atoms with Crippen molar-refractivity contribution < 1.29 is 18.4 Å². The maximum absolute atomic E-state index is 15.7. The molecule has 2 aliphatic rings. The highest BCUT2D eigenvalue weighted by Gasteiger charge is 2.57. The maximum atomic E-state index is 15.7. The van der Waals surface area contributed by atoms with Crippen molar-refractivity contribution in [2.24, 2.45) is 5.41 Å². The summed E-state index contributed by atoms with van der Waals surface area (Å²) >= 11 is 12.4. The Morgan fingerprint density at radius 3 is 2.23 bits per heavy atom.